The van der Waals surface area contributed by atoms with Gasteiger partial charge in [-0.25, -0.2) is 0 Å². The molecule has 0 aromatic carbocycles. The topological polar surface area (TPSA) is 67.6 Å². The third kappa shape index (κ3) is 10.3. The maximum atomic E-state index is 5.47. The summed E-state index contributed by atoms with van der Waals surface area (Å²) in [6.45, 7) is 2.28. The zero-order chi connectivity index (χ0) is 15.2. The first-order valence-corrected chi connectivity index (χ1v) is 8.99. The van der Waals surface area contributed by atoms with Gasteiger partial charge in [-0.1, -0.05) is 84.0 Å². The molecule has 1 aromatic heterocycles. The fraction of sp³-hybridized carbons (Fsp3) is 0.882. The van der Waals surface area contributed by atoms with Crippen LogP contribution < -0.4 is 5.73 Å². The molecule has 3 N–H and O–H groups in total. The van der Waals surface area contributed by atoms with E-state index in [-0.39, 0.29) is 0 Å². The van der Waals surface area contributed by atoms with Gasteiger partial charge in [-0.3, -0.25) is 5.10 Å². The Morgan fingerprint density at radius 2 is 1.24 bits per heavy atom. The second-order valence-corrected chi connectivity index (χ2v) is 6.13. The van der Waals surface area contributed by atoms with Gasteiger partial charge in [0.2, 0.25) is 5.95 Å². The lowest BCUT2D eigenvalue weighted by atomic mass is 10.0. The minimum atomic E-state index is 0.361. The highest BCUT2D eigenvalue weighted by Gasteiger charge is 1.99. The average molecular weight is 294 g/mol. The summed E-state index contributed by atoms with van der Waals surface area (Å²) in [5.41, 5.74) is 5.47. The van der Waals surface area contributed by atoms with Crippen molar-refractivity contribution in [3.63, 3.8) is 0 Å². The number of anilines is 1. The molecule has 0 unspecified atom stereocenters. The fourth-order valence-corrected chi connectivity index (χ4v) is 2.73. The minimum absolute atomic E-state index is 0.361. The number of nitrogens with one attached hydrogen (secondary N) is 1. The lowest BCUT2D eigenvalue weighted by molar-refractivity contribution is 0.538. The van der Waals surface area contributed by atoms with Crippen LogP contribution in [0.25, 0.3) is 0 Å². The molecule has 0 spiro atoms. The van der Waals surface area contributed by atoms with E-state index in [9.17, 15) is 0 Å². The predicted molar refractivity (Wildman–Crippen MR) is 90.2 cm³/mol. The van der Waals surface area contributed by atoms with E-state index in [0.29, 0.717) is 5.95 Å². The van der Waals surface area contributed by atoms with Crippen molar-refractivity contribution >= 4 is 5.95 Å². The molecule has 0 fully saturated rings. The molecular weight excluding hydrogens is 260 g/mol. The van der Waals surface area contributed by atoms with Gasteiger partial charge >= 0.3 is 0 Å². The van der Waals surface area contributed by atoms with Crippen molar-refractivity contribution in [3.05, 3.63) is 5.82 Å². The Morgan fingerprint density at radius 1 is 0.762 bits per heavy atom. The van der Waals surface area contributed by atoms with Crippen LogP contribution in [0.5, 0.6) is 0 Å². The van der Waals surface area contributed by atoms with E-state index in [4.69, 9.17) is 5.73 Å². The van der Waals surface area contributed by atoms with Crippen LogP contribution in [0.3, 0.4) is 0 Å². The first kappa shape index (κ1) is 18.0. The van der Waals surface area contributed by atoms with Gasteiger partial charge in [0.1, 0.15) is 5.82 Å². The van der Waals surface area contributed by atoms with Crippen molar-refractivity contribution in [2.45, 2.75) is 96.8 Å². The van der Waals surface area contributed by atoms with Crippen molar-refractivity contribution < 1.29 is 0 Å². The summed E-state index contributed by atoms with van der Waals surface area (Å²) in [5, 5.41) is 6.70. The van der Waals surface area contributed by atoms with Gasteiger partial charge in [0, 0.05) is 6.42 Å². The van der Waals surface area contributed by atoms with Crippen LogP contribution in [0.4, 0.5) is 5.95 Å². The van der Waals surface area contributed by atoms with Crippen molar-refractivity contribution in [1.29, 1.82) is 0 Å². The zero-order valence-electron chi connectivity index (χ0n) is 13.9. The van der Waals surface area contributed by atoms with Crippen molar-refractivity contribution in [1.82, 2.24) is 15.2 Å². The molecule has 1 aromatic rings. The molecule has 0 saturated heterocycles. The molecule has 4 nitrogen and oxygen atoms in total. The number of hydrogen-bond donors (Lipinski definition) is 2. The van der Waals surface area contributed by atoms with Crippen LogP contribution >= 0.6 is 0 Å². The molecule has 0 amide bonds. The second-order valence-electron chi connectivity index (χ2n) is 6.13. The van der Waals surface area contributed by atoms with E-state index in [2.05, 4.69) is 22.1 Å². The van der Waals surface area contributed by atoms with Crippen LogP contribution in [-0.4, -0.2) is 15.2 Å². The van der Waals surface area contributed by atoms with Gasteiger partial charge in [-0.05, 0) is 6.42 Å². The standard InChI is InChI=1S/C17H34N4/c1-2-3-4-5-6-7-8-9-10-11-12-13-14-15-16-19-17(18)21-20-16/h2-15H2,1H3,(H3,18,19,20,21). The number of aromatic amines is 1. The molecular formula is C17H34N4. The number of nitrogen functional groups attached to an aromatic ring is 1. The lowest BCUT2D eigenvalue weighted by Crippen LogP contribution is -1.90. The molecule has 1 heterocycles. The van der Waals surface area contributed by atoms with E-state index >= 15 is 0 Å². The van der Waals surface area contributed by atoms with Crippen LogP contribution in [-0.2, 0) is 6.42 Å². The molecule has 0 aliphatic heterocycles. The van der Waals surface area contributed by atoms with Crippen LogP contribution in [0, 0.1) is 0 Å². The molecule has 21 heavy (non-hydrogen) atoms. The largest absolute Gasteiger partial charge is 0.367 e. The van der Waals surface area contributed by atoms with E-state index in [1.165, 1.54) is 83.5 Å². The minimum Gasteiger partial charge on any atom is -0.367 e. The Hall–Kier alpha value is -1.06. The number of nitrogens with two attached hydrogens (primary N) is 1. The fourth-order valence-electron chi connectivity index (χ4n) is 2.73. The molecule has 1 rings (SSSR count). The smallest absolute Gasteiger partial charge is 0.239 e. The van der Waals surface area contributed by atoms with Gasteiger partial charge in [0.25, 0.3) is 0 Å². The molecule has 0 radical (unpaired) electrons. The summed E-state index contributed by atoms with van der Waals surface area (Å²) in [6, 6.07) is 0. The first-order valence-electron chi connectivity index (χ1n) is 8.99. The van der Waals surface area contributed by atoms with Crippen molar-refractivity contribution in [3.8, 4) is 0 Å². The molecule has 0 atom stereocenters. The Kier molecular flexibility index (Phi) is 10.8. The molecule has 0 bridgehead atoms. The number of rotatable bonds is 14. The number of H-pyrrole nitrogens is 1. The summed E-state index contributed by atoms with van der Waals surface area (Å²) in [6.07, 6.45) is 19.0. The normalized spacial score (nSPS) is 11.1. The summed E-state index contributed by atoms with van der Waals surface area (Å²) in [4.78, 5) is 4.12. The summed E-state index contributed by atoms with van der Waals surface area (Å²) in [5.74, 6) is 1.29. The highest BCUT2D eigenvalue weighted by Crippen LogP contribution is 2.13. The number of aromatic nitrogens is 3. The molecule has 122 valence electrons. The van der Waals surface area contributed by atoms with Crippen LogP contribution in [0.2, 0.25) is 0 Å². The number of unbranched alkanes of at least 4 members (excludes halogenated alkanes) is 12. The highest BCUT2D eigenvalue weighted by atomic mass is 15.3. The Labute approximate surface area is 130 Å². The van der Waals surface area contributed by atoms with Gasteiger partial charge in [0.05, 0.1) is 0 Å². The van der Waals surface area contributed by atoms with Crippen LogP contribution in [0.15, 0.2) is 0 Å². The molecule has 0 saturated carbocycles. The van der Waals surface area contributed by atoms with Crippen molar-refractivity contribution in [2.24, 2.45) is 0 Å². The van der Waals surface area contributed by atoms with E-state index < -0.39 is 0 Å². The van der Waals surface area contributed by atoms with Crippen LogP contribution in [0.1, 0.15) is 96.2 Å². The maximum absolute atomic E-state index is 5.47. The summed E-state index contributed by atoms with van der Waals surface area (Å²) in [7, 11) is 0. The molecule has 0 aliphatic rings. The Balaban J connectivity index is 1.74. The monoisotopic (exact) mass is 294 g/mol. The number of aryl methyl sites for hydroxylation is 1. The third-order valence-electron chi connectivity index (χ3n) is 4.07. The SMILES string of the molecule is CCCCCCCCCCCCCCCc1nc(N)n[nH]1. The van der Waals surface area contributed by atoms with E-state index in [1.807, 2.05) is 0 Å². The third-order valence-corrected chi connectivity index (χ3v) is 4.07. The molecule has 0 aliphatic carbocycles. The zero-order valence-corrected chi connectivity index (χ0v) is 13.9. The van der Waals surface area contributed by atoms with E-state index in [0.717, 1.165) is 12.2 Å². The van der Waals surface area contributed by atoms with Gasteiger partial charge in [-0.2, -0.15) is 4.98 Å². The number of nitrogens with zero attached hydrogens (tertiary/aromatic N) is 2. The maximum Gasteiger partial charge on any atom is 0.239 e. The highest BCUT2D eigenvalue weighted by molar-refractivity contribution is 5.12. The summed E-state index contributed by atoms with van der Waals surface area (Å²) >= 11 is 0. The Bertz CT molecular complexity index is 335. The predicted octanol–water partition coefficient (Wildman–Crippen LogP) is 5.02. The second kappa shape index (κ2) is 12.7. The summed E-state index contributed by atoms with van der Waals surface area (Å²) < 4.78 is 0. The van der Waals surface area contributed by atoms with Gasteiger partial charge < -0.3 is 5.73 Å². The van der Waals surface area contributed by atoms with E-state index in [1.54, 1.807) is 0 Å². The van der Waals surface area contributed by atoms with Crippen molar-refractivity contribution in [2.75, 3.05) is 5.73 Å². The van der Waals surface area contributed by atoms with Gasteiger partial charge in [-0.15, -0.1) is 5.10 Å². The van der Waals surface area contributed by atoms with Gasteiger partial charge in [0.15, 0.2) is 0 Å². The average Bonchev–Trinajstić information content (AvgIpc) is 2.89. The molecule has 4 heteroatoms. The Morgan fingerprint density at radius 3 is 1.67 bits per heavy atom. The lowest BCUT2D eigenvalue weighted by Gasteiger charge is -2.02. The number of hydrogen-bond acceptors (Lipinski definition) is 3. The first-order chi connectivity index (χ1) is 10.3. The quantitative estimate of drug-likeness (QED) is 0.473.